The molecule has 1 unspecified atom stereocenters. The Balaban J connectivity index is 3.15. The molecule has 114 valence electrons. The van der Waals surface area contributed by atoms with Gasteiger partial charge in [0, 0.05) is 5.56 Å². The molecule has 1 aromatic carbocycles. The van der Waals surface area contributed by atoms with Crippen molar-refractivity contribution in [2.45, 2.75) is 11.8 Å². The van der Waals surface area contributed by atoms with E-state index < -0.39 is 32.0 Å². The number of hydrogen-bond acceptors (Lipinski definition) is 6. The van der Waals surface area contributed by atoms with Crippen molar-refractivity contribution in [1.29, 1.82) is 0 Å². The van der Waals surface area contributed by atoms with Crippen molar-refractivity contribution < 1.29 is 38.4 Å². The lowest BCUT2D eigenvalue weighted by atomic mass is 10.2. The van der Waals surface area contributed by atoms with Gasteiger partial charge in [-0.2, -0.15) is 30.0 Å². The molecule has 0 saturated carbocycles. The van der Waals surface area contributed by atoms with E-state index in [0.717, 1.165) is 12.1 Å². The monoisotopic (exact) mass is 334 g/mol. The van der Waals surface area contributed by atoms with Crippen LogP contribution in [0.4, 0.5) is 13.2 Å². The summed E-state index contributed by atoms with van der Waals surface area (Å²) in [7, 11) is -10.3. The standard InChI is InChI=1S/C9H9F3O6S2/c1-19(13,14)17-8(7-5-3-2-4-6-7)18-20(15,16)9(10,11)12/h2-6,8H,1H3. The van der Waals surface area contributed by atoms with Crippen LogP contribution in [0.1, 0.15) is 11.9 Å². The first-order valence-electron chi connectivity index (χ1n) is 4.85. The highest BCUT2D eigenvalue weighted by Gasteiger charge is 2.49. The molecule has 20 heavy (non-hydrogen) atoms. The van der Waals surface area contributed by atoms with E-state index in [4.69, 9.17) is 0 Å². The maximum absolute atomic E-state index is 12.2. The summed E-state index contributed by atoms with van der Waals surface area (Å²) < 4.78 is 88.5. The van der Waals surface area contributed by atoms with Crippen molar-refractivity contribution in [2.24, 2.45) is 0 Å². The molecule has 1 aromatic rings. The zero-order chi connectivity index (χ0) is 15.6. The molecule has 11 heteroatoms. The molecule has 0 aromatic heterocycles. The fraction of sp³-hybridized carbons (Fsp3) is 0.333. The van der Waals surface area contributed by atoms with Gasteiger partial charge in [0.15, 0.2) is 0 Å². The van der Waals surface area contributed by atoms with Gasteiger partial charge in [-0.25, -0.2) is 8.37 Å². The molecule has 0 saturated heterocycles. The lowest BCUT2D eigenvalue weighted by molar-refractivity contribution is -0.0721. The molecule has 0 N–H and O–H groups in total. The maximum atomic E-state index is 12.2. The van der Waals surface area contributed by atoms with Crippen LogP contribution in [-0.2, 0) is 28.6 Å². The van der Waals surface area contributed by atoms with Crippen LogP contribution in [0.3, 0.4) is 0 Å². The minimum atomic E-state index is -6.01. The van der Waals surface area contributed by atoms with Gasteiger partial charge in [0.2, 0.25) is 6.29 Å². The van der Waals surface area contributed by atoms with E-state index in [1.165, 1.54) is 18.2 Å². The Morgan fingerprint density at radius 2 is 1.50 bits per heavy atom. The predicted octanol–water partition coefficient (Wildman–Crippen LogP) is 1.53. The lowest BCUT2D eigenvalue weighted by Crippen LogP contribution is -2.28. The molecule has 0 radical (unpaired) electrons. The first-order chi connectivity index (χ1) is 8.92. The van der Waals surface area contributed by atoms with Gasteiger partial charge in [0.1, 0.15) is 0 Å². The number of halogens is 3. The summed E-state index contributed by atoms with van der Waals surface area (Å²) in [5, 5.41) is 0. The third-order valence-electron chi connectivity index (χ3n) is 1.83. The van der Waals surface area contributed by atoms with Gasteiger partial charge in [-0.3, -0.25) is 0 Å². The Morgan fingerprint density at radius 3 is 1.90 bits per heavy atom. The first-order valence-corrected chi connectivity index (χ1v) is 8.07. The fourth-order valence-corrected chi connectivity index (χ4v) is 2.07. The summed E-state index contributed by atoms with van der Waals surface area (Å²) >= 11 is 0. The topological polar surface area (TPSA) is 86.7 Å². The van der Waals surface area contributed by atoms with Crippen molar-refractivity contribution in [3.8, 4) is 0 Å². The highest BCUT2D eigenvalue weighted by Crippen LogP contribution is 2.31. The number of benzene rings is 1. The normalized spacial score (nSPS) is 15.0. The van der Waals surface area contributed by atoms with Gasteiger partial charge < -0.3 is 0 Å². The highest BCUT2D eigenvalue weighted by atomic mass is 32.2. The van der Waals surface area contributed by atoms with Crippen LogP contribution in [0.25, 0.3) is 0 Å². The summed E-state index contributed by atoms with van der Waals surface area (Å²) in [4.78, 5) is 0. The van der Waals surface area contributed by atoms with Crippen LogP contribution in [0.15, 0.2) is 30.3 Å². The molecule has 0 aliphatic heterocycles. The molecule has 6 nitrogen and oxygen atoms in total. The summed E-state index contributed by atoms with van der Waals surface area (Å²) in [5.74, 6) is 0. The van der Waals surface area contributed by atoms with Crippen LogP contribution in [-0.4, -0.2) is 28.6 Å². The fourth-order valence-electron chi connectivity index (χ4n) is 1.07. The van der Waals surface area contributed by atoms with Crippen molar-refractivity contribution in [1.82, 2.24) is 0 Å². The zero-order valence-corrected chi connectivity index (χ0v) is 11.5. The van der Waals surface area contributed by atoms with Crippen molar-refractivity contribution in [2.75, 3.05) is 6.26 Å². The third-order valence-corrected chi connectivity index (χ3v) is 3.35. The summed E-state index contributed by atoms with van der Waals surface area (Å²) in [6.07, 6.45) is -1.70. The van der Waals surface area contributed by atoms with Gasteiger partial charge in [0.25, 0.3) is 10.1 Å². The van der Waals surface area contributed by atoms with Gasteiger partial charge >= 0.3 is 15.6 Å². The van der Waals surface area contributed by atoms with Gasteiger partial charge in [-0.05, 0) is 0 Å². The second-order valence-electron chi connectivity index (χ2n) is 3.54. The molecule has 0 fully saturated rings. The van der Waals surface area contributed by atoms with E-state index in [1.807, 2.05) is 0 Å². The third kappa shape index (κ3) is 4.74. The van der Waals surface area contributed by atoms with Crippen molar-refractivity contribution in [3.05, 3.63) is 35.9 Å². The number of rotatable bonds is 5. The van der Waals surface area contributed by atoms with E-state index in [0.29, 0.717) is 6.26 Å². The molecule has 1 rings (SSSR count). The lowest BCUT2D eigenvalue weighted by Gasteiger charge is -2.17. The first kappa shape index (κ1) is 16.9. The van der Waals surface area contributed by atoms with E-state index >= 15 is 0 Å². The molecule has 0 spiro atoms. The van der Waals surface area contributed by atoms with Crippen molar-refractivity contribution in [3.63, 3.8) is 0 Å². The largest absolute Gasteiger partial charge is 0.523 e. The molecule has 0 amide bonds. The van der Waals surface area contributed by atoms with E-state index in [9.17, 15) is 30.0 Å². The Kier molecular flexibility index (Phi) is 4.79. The maximum Gasteiger partial charge on any atom is 0.523 e. The Hall–Kier alpha value is -1.17. The van der Waals surface area contributed by atoms with Crippen LogP contribution in [0, 0.1) is 0 Å². The van der Waals surface area contributed by atoms with E-state index in [2.05, 4.69) is 8.37 Å². The number of alkyl halides is 3. The summed E-state index contributed by atoms with van der Waals surface area (Å²) in [6.45, 7) is 0. The average Bonchev–Trinajstić information content (AvgIpc) is 2.25. The molecule has 1 atom stereocenters. The van der Waals surface area contributed by atoms with Gasteiger partial charge in [-0.1, -0.05) is 30.3 Å². The Morgan fingerprint density at radius 1 is 1.00 bits per heavy atom. The molecule has 0 heterocycles. The number of hydrogen-bond donors (Lipinski definition) is 0. The van der Waals surface area contributed by atoms with Crippen molar-refractivity contribution >= 4 is 20.2 Å². The second kappa shape index (κ2) is 5.68. The SMILES string of the molecule is CS(=O)(=O)OC(OS(=O)(=O)C(F)(F)F)c1ccccc1. The van der Waals surface area contributed by atoms with E-state index in [1.54, 1.807) is 0 Å². The van der Waals surface area contributed by atoms with Crippen LogP contribution in [0.5, 0.6) is 0 Å². The molecule has 0 bridgehead atoms. The Bertz CT molecular complexity index is 651. The molecular formula is C9H9F3O6S2. The molecule has 0 aliphatic carbocycles. The smallest absolute Gasteiger partial charge is 0.232 e. The second-order valence-corrected chi connectivity index (χ2v) is 6.70. The average molecular weight is 334 g/mol. The van der Waals surface area contributed by atoms with E-state index in [-0.39, 0.29) is 5.56 Å². The molecular weight excluding hydrogens is 325 g/mol. The quantitative estimate of drug-likeness (QED) is 0.461. The van der Waals surface area contributed by atoms with Gasteiger partial charge in [0.05, 0.1) is 6.26 Å². The molecule has 0 aliphatic rings. The summed E-state index contributed by atoms with van der Waals surface area (Å²) in [5.41, 5.74) is -5.90. The summed E-state index contributed by atoms with van der Waals surface area (Å²) in [6, 6.07) is 6.48. The van der Waals surface area contributed by atoms with Gasteiger partial charge in [-0.15, -0.1) is 0 Å². The highest BCUT2D eigenvalue weighted by molar-refractivity contribution is 7.87. The van der Waals surface area contributed by atoms with Crippen LogP contribution >= 0.6 is 0 Å². The van der Waals surface area contributed by atoms with Crippen LogP contribution < -0.4 is 0 Å². The predicted molar refractivity (Wildman–Crippen MR) is 61.2 cm³/mol. The Labute approximate surface area is 113 Å². The zero-order valence-electron chi connectivity index (χ0n) is 9.86. The minimum absolute atomic E-state index is 0.203. The minimum Gasteiger partial charge on any atom is -0.232 e. The van der Waals surface area contributed by atoms with Crippen LogP contribution in [0.2, 0.25) is 0 Å².